The fourth-order valence-electron chi connectivity index (χ4n) is 5.11. The summed E-state index contributed by atoms with van der Waals surface area (Å²) in [6.07, 6.45) is 3.93. The van der Waals surface area contributed by atoms with E-state index in [2.05, 4.69) is 20.7 Å². The van der Waals surface area contributed by atoms with E-state index >= 15 is 0 Å². The van der Waals surface area contributed by atoms with Gasteiger partial charge >= 0.3 is 0 Å². The molecule has 6 rings (SSSR count). The van der Waals surface area contributed by atoms with Gasteiger partial charge in [0.15, 0.2) is 23.3 Å². The van der Waals surface area contributed by atoms with Gasteiger partial charge in [-0.15, -0.1) is 10.2 Å². The Balaban J connectivity index is 1.32. The maximum absolute atomic E-state index is 14.0. The van der Waals surface area contributed by atoms with E-state index in [1.165, 1.54) is 9.70 Å². The molecule has 2 aliphatic rings. The van der Waals surface area contributed by atoms with Crippen LogP contribution in [0.5, 0.6) is 11.5 Å². The van der Waals surface area contributed by atoms with E-state index in [1.807, 2.05) is 19.1 Å². The number of fused-ring (bicyclic) bond motifs is 1. The number of nitrogens with zero attached hydrogens (tertiary/aromatic N) is 5. The van der Waals surface area contributed by atoms with Crippen molar-refractivity contribution in [3.05, 3.63) is 65.3 Å². The molecule has 12 heteroatoms. The van der Waals surface area contributed by atoms with E-state index in [-0.39, 0.29) is 37.7 Å². The highest BCUT2D eigenvalue weighted by atomic mass is 16.7. The van der Waals surface area contributed by atoms with Gasteiger partial charge in [-0.05, 0) is 73.9 Å². The molecule has 0 spiro atoms. The number of benzene rings is 1. The summed E-state index contributed by atoms with van der Waals surface area (Å²) in [5.74, 6) is 2.97. The van der Waals surface area contributed by atoms with Gasteiger partial charge in [0.25, 0.3) is 5.91 Å². The fraction of sp³-hybridized carbons (Fsp3) is 0.393. The largest absolute Gasteiger partial charge is 0.464 e. The average molecular weight is 547 g/mol. The van der Waals surface area contributed by atoms with Gasteiger partial charge in [-0.3, -0.25) is 9.59 Å². The predicted octanol–water partition coefficient (Wildman–Crippen LogP) is 3.70. The third kappa shape index (κ3) is 5.42. The Bertz CT molecular complexity index is 1520. The number of furan rings is 2. The second-order valence-electron chi connectivity index (χ2n) is 10.1. The number of amides is 2. The Morgan fingerprint density at radius 3 is 2.55 bits per heavy atom. The number of aryl methyl sites for hydroxylation is 2. The van der Waals surface area contributed by atoms with Crippen molar-refractivity contribution in [2.45, 2.75) is 64.7 Å². The lowest BCUT2D eigenvalue weighted by atomic mass is 10.1. The van der Waals surface area contributed by atoms with Gasteiger partial charge in [0, 0.05) is 12.6 Å². The fourth-order valence-corrected chi connectivity index (χ4v) is 5.11. The highest BCUT2D eigenvalue weighted by molar-refractivity contribution is 5.88. The molecule has 3 aromatic heterocycles. The summed E-state index contributed by atoms with van der Waals surface area (Å²) >= 11 is 0. The zero-order valence-corrected chi connectivity index (χ0v) is 22.3. The van der Waals surface area contributed by atoms with Gasteiger partial charge in [-0.2, -0.15) is 4.80 Å². The summed E-state index contributed by atoms with van der Waals surface area (Å²) in [6, 6.07) is 11.6. The Labute approximate surface area is 230 Å². The zero-order valence-electron chi connectivity index (χ0n) is 22.3. The maximum Gasteiger partial charge on any atom is 0.250 e. The van der Waals surface area contributed by atoms with E-state index in [4.69, 9.17) is 18.3 Å². The first-order valence-corrected chi connectivity index (χ1v) is 13.3. The minimum atomic E-state index is -1.01. The summed E-state index contributed by atoms with van der Waals surface area (Å²) in [4.78, 5) is 30.4. The van der Waals surface area contributed by atoms with E-state index in [9.17, 15) is 9.59 Å². The van der Waals surface area contributed by atoms with Crippen LogP contribution in [-0.4, -0.2) is 49.8 Å². The zero-order chi connectivity index (χ0) is 27.6. The summed E-state index contributed by atoms with van der Waals surface area (Å²) in [5.41, 5.74) is 0.762. The molecule has 0 unspecified atom stereocenters. The molecular weight excluding hydrogens is 516 g/mol. The van der Waals surface area contributed by atoms with Gasteiger partial charge in [0.05, 0.1) is 0 Å². The molecule has 40 heavy (non-hydrogen) atoms. The first-order chi connectivity index (χ1) is 19.4. The van der Waals surface area contributed by atoms with E-state index in [0.29, 0.717) is 34.5 Å². The molecule has 1 N–H and O–H groups in total. The number of carbonyl (C=O) groups is 2. The van der Waals surface area contributed by atoms with E-state index in [1.54, 1.807) is 37.3 Å². The Kier molecular flexibility index (Phi) is 6.97. The molecule has 1 aliphatic carbocycles. The third-order valence-corrected chi connectivity index (χ3v) is 7.09. The number of carbonyl (C=O) groups excluding carboxylic acids is 2. The van der Waals surface area contributed by atoms with Gasteiger partial charge in [0.1, 0.15) is 23.8 Å². The Hall–Kier alpha value is -4.61. The topological polar surface area (TPSA) is 138 Å². The molecule has 1 atom stereocenters. The van der Waals surface area contributed by atoms with Crippen LogP contribution in [0.2, 0.25) is 0 Å². The lowest BCUT2D eigenvalue weighted by Gasteiger charge is -2.30. The van der Waals surface area contributed by atoms with Crippen molar-refractivity contribution < 1.29 is 27.9 Å². The lowest BCUT2D eigenvalue weighted by Crippen LogP contribution is -2.46. The van der Waals surface area contributed by atoms with Crippen molar-refractivity contribution in [2.24, 2.45) is 0 Å². The molecule has 1 saturated carbocycles. The normalized spacial score (nSPS) is 15.3. The summed E-state index contributed by atoms with van der Waals surface area (Å²) < 4.78 is 22.5. The third-order valence-electron chi connectivity index (χ3n) is 7.09. The average Bonchev–Trinajstić information content (AvgIpc) is 3.75. The highest BCUT2D eigenvalue weighted by Gasteiger charge is 2.36. The molecule has 208 valence electrons. The number of aromatic nitrogens is 4. The highest BCUT2D eigenvalue weighted by Crippen LogP contribution is 2.34. The first-order valence-electron chi connectivity index (χ1n) is 13.3. The minimum absolute atomic E-state index is 0.0600. The second kappa shape index (κ2) is 10.9. The summed E-state index contributed by atoms with van der Waals surface area (Å²) in [5, 5.41) is 15.6. The summed E-state index contributed by atoms with van der Waals surface area (Å²) in [7, 11) is 0. The Morgan fingerprint density at radius 2 is 1.80 bits per heavy atom. The predicted molar refractivity (Wildman–Crippen MR) is 140 cm³/mol. The van der Waals surface area contributed by atoms with Crippen LogP contribution < -0.4 is 14.8 Å². The molecule has 1 aromatic carbocycles. The van der Waals surface area contributed by atoms with Crippen LogP contribution in [0.1, 0.15) is 54.6 Å². The number of hydrogen-bond acceptors (Lipinski definition) is 9. The molecule has 0 radical (unpaired) electrons. The van der Waals surface area contributed by atoms with Gasteiger partial charge in [-0.1, -0.05) is 18.9 Å². The smallest absolute Gasteiger partial charge is 0.250 e. The molecule has 4 aromatic rings. The number of rotatable bonds is 9. The van der Waals surface area contributed by atoms with Crippen molar-refractivity contribution in [1.29, 1.82) is 0 Å². The van der Waals surface area contributed by atoms with Crippen molar-refractivity contribution in [2.75, 3.05) is 6.79 Å². The number of hydrogen-bond donors (Lipinski definition) is 1. The van der Waals surface area contributed by atoms with Crippen LogP contribution >= 0.6 is 0 Å². The van der Waals surface area contributed by atoms with Crippen LogP contribution in [0.25, 0.3) is 11.6 Å². The van der Waals surface area contributed by atoms with Crippen molar-refractivity contribution in [3.8, 4) is 23.1 Å². The molecule has 4 heterocycles. The van der Waals surface area contributed by atoms with Crippen LogP contribution in [0, 0.1) is 13.8 Å². The minimum Gasteiger partial charge on any atom is -0.464 e. The van der Waals surface area contributed by atoms with Crippen LogP contribution in [0.3, 0.4) is 0 Å². The number of ether oxygens (including phenoxy) is 2. The van der Waals surface area contributed by atoms with Crippen LogP contribution in [0.4, 0.5) is 0 Å². The molecule has 12 nitrogen and oxygen atoms in total. The molecule has 2 amide bonds. The van der Waals surface area contributed by atoms with Crippen molar-refractivity contribution in [1.82, 2.24) is 30.4 Å². The quantitative estimate of drug-likeness (QED) is 0.333. The standard InChI is InChI=1S/C28H30N6O6/c1-17-7-10-22(39-17)26(28(36)29-20-5-3-4-6-20)33(14-19-9-12-21-24(13-19)38-16-37-21)25(35)15-34-31-27(30-32-34)23-11-8-18(2)40-23/h7-13,20,26H,3-6,14-16H2,1-2H3,(H,29,36)/t26-/m1/s1. The van der Waals surface area contributed by atoms with Crippen molar-refractivity contribution in [3.63, 3.8) is 0 Å². The molecule has 0 bridgehead atoms. The monoisotopic (exact) mass is 546 g/mol. The first kappa shape index (κ1) is 25.7. The summed E-state index contributed by atoms with van der Waals surface area (Å²) in [6.45, 7) is 3.62. The number of nitrogens with one attached hydrogen (secondary N) is 1. The van der Waals surface area contributed by atoms with Crippen LogP contribution in [0.15, 0.2) is 51.3 Å². The van der Waals surface area contributed by atoms with E-state index < -0.39 is 11.9 Å². The van der Waals surface area contributed by atoms with Gasteiger partial charge < -0.3 is 28.5 Å². The molecular formula is C28H30N6O6. The second-order valence-corrected chi connectivity index (χ2v) is 10.1. The van der Waals surface area contributed by atoms with E-state index in [0.717, 1.165) is 31.2 Å². The molecule has 1 fully saturated rings. The van der Waals surface area contributed by atoms with Crippen molar-refractivity contribution >= 4 is 11.8 Å². The molecule has 1 aliphatic heterocycles. The van der Waals surface area contributed by atoms with Crippen LogP contribution in [-0.2, 0) is 22.7 Å². The maximum atomic E-state index is 14.0. The van der Waals surface area contributed by atoms with Gasteiger partial charge in [-0.25, -0.2) is 0 Å². The SMILES string of the molecule is Cc1ccc(-c2nnn(CC(=O)N(Cc3ccc4c(c3)OCO4)[C@@H](C(=O)NC3CCCC3)c3ccc(C)o3)n2)o1. The molecule has 0 saturated heterocycles. The van der Waals surface area contributed by atoms with Gasteiger partial charge in [0.2, 0.25) is 18.5 Å². The number of tetrazole rings is 1. The lowest BCUT2D eigenvalue weighted by molar-refractivity contribution is -0.143. The Morgan fingerprint density at radius 1 is 1.02 bits per heavy atom.